The van der Waals surface area contributed by atoms with Gasteiger partial charge < -0.3 is 32.2 Å². The van der Waals surface area contributed by atoms with Crippen LogP contribution in [0.3, 0.4) is 0 Å². The van der Waals surface area contributed by atoms with Gasteiger partial charge in [0, 0.05) is 50.6 Å². The van der Waals surface area contributed by atoms with Gasteiger partial charge in [-0.25, -0.2) is 4.98 Å². The van der Waals surface area contributed by atoms with Crippen LogP contribution in [0.4, 0.5) is 28.8 Å². The molecule has 0 saturated carbocycles. The summed E-state index contributed by atoms with van der Waals surface area (Å²) in [7, 11) is 0. The molecule has 4 rings (SSSR count). The van der Waals surface area contributed by atoms with E-state index in [1.807, 2.05) is 48.5 Å². The van der Waals surface area contributed by atoms with Crippen molar-refractivity contribution in [2.75, 3.05) is 61.4 Å². The molecule has 168 valence electrons. The van der Waals surface area contributed by atoms with Crippen molar-refractivity contribution in [1.82, 2.24) is 20.2 Å². The molecule has 1 aliphatic heterocycles. The second kappa shape index (κ2) is 10.7. The minimum absolute atomic E-state index is 0.454. The lowest BCUT2D eigenvalue weighted by molar-refractivity contribution is 0.191. The van der Waals surface area contributed by atoms with Crippen molar-refractivity contribution in [2.45, 2.75) is 6.54 Å². The van der Waals surface area contributed by atoms with Crippen molar-refractivity contribution >= 4 is 28.8 Å². The summed E-state index contributed by atoms with van der Waals surface area (Å²) < 4.78 is 5.87. The van der Waals surface area contributed by atoms with Crippen LogP contribution in [0, 0.1) is 0 Å². The zero-order valence-electron chi connectivity index (χ0n) is 18.1. The number of anilines is 5. The van der Waals surface area contributed by atoms with Gasteiger partial charge in [0.1, 0.15) is 12.4 Å². The monoisotopic (exact) mass is 434 g/mol. The van der Waals surface area contributed by atoms with E-state index >= 15 is 0 Å². The van der Waals surface area contributed by atoms with E-state index in [4.69, 9.17) is 16.2 Å². The van der Waals surface area contributed by atoms with Crippen LogP contribution in [-0.4, -0.2) is 54.2 Å². The van der Waals surface area contributed by atoms with Gasteiger partial charge in [-0.1, -0.05) is 18.2 Å². The number of piperazine rings is 1. The topological polar surface area (TPSA) is 126 Å². The van der Waals surface area contributed by atoms with Crippen LogP contribution in [0.1, 0.15) is 5.56 Å². The number of nitrogen functional groups attached to an aromatic ring is 2. The second-order valence-electron chi connectivity index (χ2n) is 7.64. The van der Waals surface area contributed by atoms with Crippen LogP contribution in [0.2, 0.25) is 0 Å². The Morgan fingerprint density at radius 3 is 2.56 bits per heavy atom. The predicted octanol–water partition coefficient (Wildman–Crippen LogP) is 2.28. The molecule has 1 saturated heterocycles. The molecule has 1 aliphatic rings. The van der Waals surface area contributed by atoms with Gasteiger partial charge in [0.25, 0.3) is 0 Å². The number of rotatable bonds is 9. The summed E-state index contributed by atoms with van der Waals surface area (Å²) in [5.74, 6) is 1.85. The van der Waals surface area contributed by atoms with E-state index in [1.165, 1.54) is 0 Å². The van der Waals surface area contributed by atoms with Crippen LogP contribution < -0.4 is 32.2 Å². The highest BCUT2D eigenvalue weighted by atomic mass is 16.5. The third-order valence-corrected chi connectivity index (χ3v) is 5.31. The third kappa shape index (κ3) is 5.99. The molecule has 32 heavy (non-hydrogen) atoms. The minimum atomic E-state index is 0.454. The standard InChI is InChI=1S/C23H30N8O/c24-20-4-2-1-3-17(20)15-27-22-21(25)16-28-23(30-22)29-18-5-7-19(8-6-18)32-14-13-31-11-9-26-10-12-31/h1-8,16,26H,9-15,24-25H2,(H2,27,28,29,30). The van der Waals surface area contributed by atoms with Gasteiger partial charge in [-0.05, 0) is 35.9 Å². The lowest BCUT2D eigenvalue weighted by Crippen LogP contribution is -2.44. The molecule has 2 heterocycles. The Morgan fingerprint density at radius 2 is 1.78 bits per heavy atom. The Bertz CT molecular complexity index is 1010. The average molecular weight is 435 g/mol. The summed E-state index contributed by atoms with van der Waals surface area (Å²) >= 11 is 0. The van der Waals surface area contributed by atoms with E-state index in [1.54, 1.807) is 6.20 Å². The first-order valence-electron chi connectivity index (χ1n) is 10.8. The summed E-state index contributed by atoms with van der Waals surface area (Å²) in [5.41, 5.74) is 15.1. The number of nitrogens with zero attached hydrogens (tertiary/aromatic N) is 3. The molecule has 2 aromatic carbocycles. The van der Waals surface area contributed by atoms with Gasteiger partial charge in [-0.3, -0.25) is 4.90 Å². The maximum absolute atomic E-state index is 6.04. The number of benzene rings is 2. The summed E-state index contributed by atoms with van der Waals surface area (Å²) in [6.45, 7) is 6.37. The number of para-hydroxylation sites is 1. The third-order valence-electron chi connectivity index (χ3n) is 5.31. The highest BCUT2D eigenvalue weighted by Crippen LogP contribution is 2.22. The number of hydrogen-bond acceptors (Lipinski definition) is 9. The van der Waals surface area contributed by atoms with Crippen molar-refractivity contribution in [3.05, 3.63) is 60.3 Å². The maximum atomic E-state index is 6.04. The van der Waals surface area contributed by atoms with Crippen LogP contribution in [0.25, 0.3) is 0 Å². The van der Waals surface area contributed by atoms with Gasteiger partial charge in [0.05, 0.1) is 11.9 Å². The largest absolute Gasteiger partial charge is 0.492 e. The quantitative estimate of drug-likeness (QED) is 0.322. The first-order valence-corrected chi connectivity index (χ1v) is 10.8. The SMILES string of the molecule is Nc1ccccc1CNc1nc(Nc2ccc(OCCN3CCNCC3)cc2)ncc1N. The van der Waals surface area contributed by atoms with Crippen LogP contribution >= 0.6 is 0 Å². The molecule has 1 aromatic heterocycles. The number of aromatic nitrogens is 2. The van der Waals surface area contributed by atoms with Crippen LogP contribution in [0.15, 0.2) is 54.7 Å². The summed E-state index contributed by atoms with van der Waals surface area (Å²) in [6.07, 6.45) is 1.58. The Morgan fingerprint density at radius 1 is 1.00 bits per heavy atom. The molecule has 0 atom stereocenters. The maximum Gasteiger partial charge on any atom is 0.229 e. The molecule has 1 fully saturated rings. The van der Waals surface area contributed by atoms with E-state index < -0.39 is 0 Å². The molecular weight excluding hydrogens is 404 g/mol. The van der Waals surface area contributed by atoms with E-state index in [0.717, 1.165) is 55.4 Å². The smallest absolute Gasteiger partial charge is 0.229 e. The summed E-state index contributed by atoms with van der Waals surface area (Å²) in [4.78, 5) is 11.2. The normalized spacial score (nSPS) is 14.1. The number of hydrogen-bond donors (Lipinski definition) is 5. The Hall–Kier alpha value is -3.56. The molecule has 0 radical (unpaired) electrons. The molecule has 0 spiro atoms. The van der Waals surface area contributed by atoms with E-state index in [0.29, 0.717) is 30.6 Å². The molecule has 0 aliphatic carbocycles. The lowest BCUT2D eigenvalue weighted by atomic mass is 10.2. The molecule has 7 N–H and O–H groups in total. The number of nitrogens with two attached hydrogens (primary N) is 2. The van der Waals surface area contributed by atoms with E-state index in [9.17, 15) is 0 Å². The van der Waals surface area contributed by atoms with Gasteiger partial charge in [-0.2, -0.15) is 4.98 Å². The zero-order valence-corrected chi connectivity index (χ0v) is 18.1. The fourth-order valence-corrected chi connectivity index (χ4v) is 3.46. The van der Waals surface area contributed by atoms with Crippen LogP contribution in [-0.2, 0) is 6.54 Å². The van der Waals surface area contributed by atoms with Crippen molar-refractivity contribution in [3.63, 3.8) is 0 Å². The van der Waals surface area contributed by atoms with Gasteiger partial charge in [0.15, 0.2) is 5.82 Å². The molecule has 0 bridgehead atoms. The molecule has 0 unspecified atom stereocenters. The van der Waals surface area contributed by atoms with Crippen molar-refractivity contribution in [2.24, 2.45) is 0 Å². The fraction of sp³-hybridized carbons (Fsp3) is 0.304. The van der Waals surface area contributed by atoms with Gasteiger partial charge >= 0.3 is 0 Å². The summed E-state index contributed by atoms with van der Waals surface area (Å²) in [6, 6.07) is 15.4. The molecule has 0 amide bonds. The average Bonchev–Trinajstić information content (AvgIpc) is 2.82. The molecule has 9 heteroatoms. The highest BCUT2D eigenvalue weighted by Gasteiger charge is 2.09. The number of ether oxygens (including phenoxy) is 1. The lowest BCUT2D eigenvalue weighted by Gasteiger charge is -2.26. The van der Waals surface area contributed by atoms with Crippen molar-refractivity contribution in [1.29, 1.82) is 0 Å². The first kappa shape index (κ1) is 21.7. The minimum Gasteiger partial charge on any atom is -0.492 e. The second-order valence-corrected chi connectivity index (χ2v) is 7.64. The highest BCUT2D eigenvalue weighted by molar-refractivity contribution is 5.64. The zero-order chi connectivity index (χ0) is 22.2. The molecule has 3 aromatic rings. The summed E-state index contributed by atoms with van der Waals surface area (Å²) in [5, 5.41) is 9.79. The predicted molar refractivity (Wildman–Crippen MR) is 129 cm³/mol. The van der Waals surface area contributed by atoms with E-state index in [-0.39, 0.29) is 0 Å². The Balaban J connectivity index is 1.30. The van der Waals surface area contributed by atoms with Crippen molar-refractivity contribution < 1.29 is 4.74 Å². The van der Waals surface area contributed by atoms with E-state index in [2.05, 4.69) is 30.8 Å². The van der Waals surface area contributed by atoms with Crippen LogP contribution in [0.5, 0.6) is 5.75 Å². The Kier molecular flexibility index (Phi) is 7.21. The molecular formula is C23H30N8O. The number of nitrogens with one attached hydrogen (secondary N) is 3. The molecule has 9 nitrogen and oxygen atoms in total. The fourth-order valence-electron chi connectivity index (χ4n) is 3.46. The van der Waals surface area contributed by atoms with Gasteiger partial charge in [-0.15, -0.1) is 0 Å². The first-order chi connectivity index (χ1) is 15.7. The Labute approximate surface area is 188 Å². The van der Waals surface area contributed by atoms with Crippen molar-refractivity contribution in [3.8, 4) is 5.75 Å². The van der Waals surface area contributed by atoms with Gasteiger partial charge in [0.2, 0.25) is 5.95 Å².